The van der Waals surface area contributed by atoms with Crippen LogP contribution in [0, 0.1) is 16.7 Å². The topological polar surface area (TPSA) is 45.0 Å². The zero-order valence-corrected chi connectivity index (χ0v) is 12.0. The summed E-state index contributed by atoms with van der Waals surface area (Å²) in [6.07, 6.45) is 4.29. The lowest BCUT2D eigenvalue weighted by molar-refractivity contribution is 0.164. The molecule has 0 amide bonds. The summed E-state index contributed by atoms with van der Waals surface area (Å²) in [5.41, 5.74) is 0.441. The molecule has 1 N–H and O–H groups in total. The largest absolute Gasteiger partial charge is 0.497 e. The van der Waals surface area contributed by atoms with Crippen LogP contribution in [0.1, 0.15) is 39.5 Å². The highest BCUT2D eigenvalue weighted by Crippen LogP contribution is 2.45. The molecule has 0 aliphatic heterocycles. The summed E-state index contributed by atoms with van der Waals surface area (Å²) in [5.74, 6) is 0.812. The molecule has 1 atom stereocenters. The molecule has 0 radical (unpaired) electrons. The number of ether oxygens (including phenoxy) is 1. The van der Waals surface area contributed by atoms with E-state index in [1.165, 1.54) is 6.42 Å². The van der Waals surface area contributed by atoms with E-state index in [9.17, 15) is 5.26 Å². The van der Waals surface area contributed by atoms with Gasteiger partial charge in [-0.25, -0.2) is 0 Å². The Morgan fingerprint density at radius 3 is 2.63 bits per heavy atom. The summed E-state index contributed by atoms with van der Waals surface area (Å²) >= 11 is 0. The molecule has 3 heteroatoms. The van der Waals surface area contributed by atoms with Gasteiger partial charge < -0.3 is 10.1 Å². The van der Waals surface area contributed by atoms with Crippen LogP contribution in [-0.4, -0.2) is 12.6 Å². The Hall–Kier alpha value is -1.69. The van der Waals surface area contributed by atoms with E-state index >= 15 is 0 Å². The van der Waals surface area contributed by atoms with Crippen LogP contribution >= 0.6 is 0 Å². The number of nitrogens with one attached hydrogen (secondary N) is 1. The first-order valence-electron chi connectivity index (χ1n) is 6.86. The number of nitriles is 1. The van der Waals surface area contributed by atoms with Crippen molar-refractivity contribution in [2.24, 2.45) is 5.41 Å². The Bertz CT molecular complexity index is 490. The Labute approximate surface area is 115 Å². The van der Waals surface area contributed by atoms with Crippen molar-refractivity contribution >= 4 is 5.69 Å². The lowest BCUT2D eigenvalue weighted by Gasteiger charge is -2.46. The van der Waals surface area contributed by atoms with Gasteiger partial charge in [0.15, 0.2) is 0 Å². The van der Waals surface area contributed by atoms with Gasteiger partial charge in [-0.2, -0.15) is 5.26 Å². The predicted molar refractivity (Wildman–Crippen MR) is 77.2 cm³/mol. The first-order chi connectivity index (χ1) is 9.03. The maximum Gasteiger partial charge on any atom is 0.130 e. The van der Waals surface area contributed by atoms with Crippen molar-refractivity contribution in [3.05, 3.63) is 24.3 Å². The van der Waals surface area contributed by atoms with Crippen molar-refractivity contribution in [2.45, 2.75) is 45.1 Å². The molecule has 0 saturated heterocycles. The van der Waals surface area contributed by atoms with Crippen LogP contribution in [0.25, 0.3) is 0 Å². The molecule has 1 saturated carbocycles. The van der Waals surface area contributed by atoms with Crippen LogP contribution in [-0.2, 0) is 0 Å². The van der Waals surface area contributed by atoms with Gasteiger partial charge >= 0.3 is 0 Å². The van der Waals surface area contributed by atoms with Gasteiger partial charge in [-0.3, -0.25) is 0 Å². The normalized spacial score (nSPS) is 25.4. The molecular formula is C16H22N2O. The van der Waals surface area contributed by atoms with E-state index in [4.69, 9.17) is 4.74 Å². The number of nitrogens with zero attached hydrogens (tertiary/aromatic N) is 1. The number of rotatable bonds is 3. The molecule has 3 nitrogen and oxygen atoms in total. The summed E-state index contributed by atoms with van der Waals surface area (Å²) in [6.45, 7) is 4.37. The van der Waals surface area contributed by atoms with E-state index in [-0.39, 0.29) is 5.41 Å². The average Bonchev–Trinajstić information content (AvgIpc) is 2.41. The molecular weight excluding hydrogens is 236 g/mol. The van der Waals surface area contributed by atoms with E-state index in [0.29, 0.717) is 0 Å². The van der Waals surface area contributed by atoms with Crippen molar-refractivity contribution in [3.63, 3.8) is 0 Å². The summed E-state index contributed by atoms with van der Waals surface area (Å²) < 4.78 is 5.24. The molecule has 2 rings (SSSR count). The first-order valence-corrected chi connectivity index (χ1v) is 6.86. The smallest absolute Gasteiger partial charge is 0.130 e. The van der Waals surface area contributed by atoms with Gasteiger partial charge in [0.1, 0.15) is 11.3 Å². The third-order valence-electron chi connectivity index (χ3n) is 4.38. The minimum absolute atomic E-state index is 0.0247. The van der Waals surface area contributed by atoms with Crippen LogP contribution in [0.15, 0.2) is 24.3 Å². The molecule has 1 unspecified atom stereocenters. The SMILES string of the molecule is COc1cccc(NC2(C#N)CCCCC2(C)C)c1. The van der Waals surface area contributed by atoms with E-state index in [0.717, 1.165) is 30.7 Å². The third-order valence-corrected chi connectivity index (χ3v) is 4.38. The molecule has 1 aromatic rings. The second-order valence-electron chi connectivity index (χ2n) is 5.97. The molecule has 0 heterocycles. The standard InChI is InChI=1S/C16H22N2O/c1-15(2)9-4-5-10-16(15,12-17)18-13-7-6-8-14(11-13)19-3/h6-8,11,18H,4-5,9-10H2,1-3H3. The maximum atomic E-state index is 9.72. The van der Waals surface area contributed by atoms with Gasteiger partial charge in [0.2, 0.25) is 0 Å². The number of hydrogen-bond donors (Lipinski definition) is 1. The summed E-state index contributed by atoms with van der Waals surface area (Å²) in [7, 11) is 1.66. The van der Waals surface area contributed by atoms with Crippen LogP contribution in [0.5, 0.6) is 5.75 Å². The molecule has 1 aliphatic rings. The van der Waals surface area contributed by atoms with Crippen molar-refractivity contribution < 1.29 is 4.74 Å². The Morgan fingerprint density at radius 1 is 1.26 bits per heavy atom. The van der Waals surface area contributed by atoms with Crippen LogP contribution in [0.4, 0.5) is 5.69 Å². The summed E-state index contributed by atoms with van der Waals surface area (Å²) in [4.78, 5) is 0. The van der Waals surface area contributed by atoms with Gasteiger partial charge in [0.25, 0.3) is 0 Å². The number of methoxy groups -OCH3 is 1. The highest BCUT2D eigenvalue weighted by atomic mass is 16.5. The minimum atomic E-state index is -0.488. The molecule has 1 aliphatic carbocycles. The van der Waals surface area contributed by atoms with Gasteiger partial charge in [-0.05, 0) is 31.4 Å². The molecule has 19 heavy (non-hydrogen) atoms. The highest BCUT2D eigenvalue weighted by molar-refractivity contribution is 5.52. The third kappa shape index (κ3) is 2.53. The van der Waals surface area contributed by atoms with E-state index in [1.54, 1.807) is 7.11 Å². The Morgan fingerprint density at radius 2 is 2.00 bits per heavy atom. The second kappa shape index (κ2) is 5.13. The monoisotopic (exact) mass is 258 g/mol. The molecule has 0 bridgehead atoms. The van der Waals surface area contributed by atoms with Crippen LogP contribution in [0.2, 0.25) is 0 Å². The lowest BCUT2D eigenvalue weighted by atomic mass is 9.63. The van der Waals surface area contributed by atoms with Crippen LogP contribution < -0.4 is 10.1 Å². The fourth-order valence-corrected chi connectivity index (χ4v) is 2.92. The first kappa shape index (κ1) is 13.7. The number of anilines is 1. The van der Waals surface area contributed by atoms with Gasteiger partial charge in [0.05, 0.1) is 13.2 Å². The molecule has 0 spiro atoms. The zero-order chi connectivity index (χ0) is 13.9. The van der Waals surface area contributed by atoms with Crippen molar-refractivity contribution in [2.75, 3.05) is 12.4 Å². The Kier molecular flexibility index (Phi) is 3.71. The maximum absolute atomic E-state index is 9.72. The van der Waals surface area contributed by atoms with Crippen molar-refractivity contribution in [3.8, 4) is 11.8 Å². The van der Waals surface area contributed by atoms with Crippen LogP contribution in [0.3, 0.4) is 0 Å². The lowest BCUT2D eigenvalue weighted by Crippen LogP contribution is -2.52. The van der Waals surface area contributed by atoms with E-state index in [1.807, 2.05) is 24.3 Å². The number of hydrogen-bond acceptors (Lipinski definition) is 3. The van der Waals surface area contributed by atoms with Crippen molar-refractivity contribution in [1.29, 1.82) is 5.26 Å². The van der Waals surface area contributed by atoms with Gasteiger partial charge in [-0.1, -0.05) is 26.3 Å². The fourth-order valence-electron chi connectivity index (χ4n) is 2.92. The average molecular weight is 258 g/mol. The minimum Gasteiger partial charge on any atom is -0.497 e. The van der Waals surface area contributed by atoms with E-state index in [2.05, 4.69) is 25.2 Å². The molecule has 1 aromatic carbocycles. The fraction of sp³-hybridized carbons (Fsp3) is 0.562. The quantitative estimate of drug-likeness (QED) is 0.892. The van der Waals surface area contributed by atoms with Gasteiger partial charge in [-0.15, -0.1) is 0 Å². The van der Waals surface area contributed by atoms with Crippen molar-refractivity contribution in [1.82, 2.24) is 0 Å². The summed E-state index contributed by atoms with van der Waals surface area (Å²) in [5, 5.41) is 13.2. The highest BCUT2D eigenvalue weighted by Gasteiger charge is 2.47. The number of benzene rings is 1. The predicted octanol–water partition coefficient (Wildman–Crippen LogP) is 3.97. The van der Waals surface area contributed by atoms with Gasteiger partial charge in [0, 0.05) is 17.2 Å². The molecule has 0 aromatic heterocycles. The molecule has 1 fully saturated rings. The molecule has 102 valence electrons. The summed E-state index contributed by atoms with van der Waals surface area (Å²) in [6, 6.07) is 10.3. The second-order valence-corrected chi connectivity index (χ2v) is 5.97. The Balaban J connectivity index is 2.30. The van der Waals surface area contributed by atoms with E-state index < -0.39 is 5.54 Å². The zero-order valence-electron chi connectivity index (χ0n) is 12.0.